The lowest BCUT2D eigenvalue weighted by Gasteiger charge is -2.14. The van der Waals surface area contributed by atoms with Gasteiger partial charge in [0.25, 0.3) is 0 Å². The molecule has 0 aliphatic heterocycles. The number of aromatic nitrogens is 2. The lowest BCUT2D eigenvalue weighted by atomic mass is 9.97. The lowest BCUT2D eigenvalue weighted by molar-refractivity contribution is 0.213. The van der Waals surface area contributed by atoms with Gasteiger partial charge in [-0.25, -0.2) is 4.39 Å². The van der Waals surface area contributed by atoms with Crippen molar-refractivity contribution < 1.29 is 9.50 Å². The first kappa shape index (κ1) is 15.5. The largest absolute Gasteiger partial charge is 0.383 e. The van der Waals surface area contributed by atoms with Gasteiger partial charge in [0.2, 0.25) is 0 Å². The Hall–Kier alpha value is -0.910. The van der Waals surface area contributed by atoms with E-state index in [4.69, 9.17) is 11.6 Å². The Bertz CT molecular complexity index is 642. The molecule has 1 N–H and O–H groups in total. The molecule has 6 heteroatoms. The van der Waals surface area contributed by atoms with E-state index >= 15 is 0 Å². The van der Waals surface area contributed by atoms with E-state index < -0.39 is 11.9 Å². The Labute approximate surface area is 130 Å². The molecule has 0 spiro atoms. The quantitative estimate of drug-likeness (QED) is 0.890. The van der Waals surface area contributed by atoms with Crippen molar-refractivity contribution in [2.75, 3.05) is 0 Å². The molecule has 2 aromatic rings. The minimum absolute atomic E-state index is 0.0774. The Kier molecular flexibility index (Phi) is 4.52. The second-order valence-corrected chi connectivity index (χ2v) is 6.21. The first-order chi connectivity index (χ1) is 9.32. The van der Waals surface area contributed by atoms with Crippen LogP contribution in [-0.2, 0) is 7.05 Å². The van der Waals surface area contributed by atoms with Crippen molar-refractivity contribution in [3.05, 3.63) is 50.5 Å². The molecule has 0 fully saturated rings. The van der Waals surface area contributed by atoms with Crippen molar-refractivity contribution in [2.45, 2.75) is 25.9 Å². The first-order valence-electron chi connectivity index (χ1n) is 6.18. The number of hydrogen-bond acceptors (Lipinski definition) is 2. The van der Waals surface area contributed by atoms with Crippen molar-refractivity contribution in [2.24, 2.45) is 7.05 Å². The maximum Gasteiger partial charge on any atom is 0.133 e. The predicted molar refractivity (Wildman–Crippen MR) is 80.5 cm³/mol. The van der Waals surface area contributed by atoms with Crippen LogP contribution in [0.1, 0.15) is 42.7 Å². The van der Waals surface area contributed by atoms with Gasteiger partial charge in [-0.1, -0.05) is 41.4 Å². The van der Waals surface area contributed by atoms with Gasteiger partial charge in [0.05, 0.1) is 5.69 Å². The number of aliphatic hydroxyl groups excluding tert-OH is 1. The number of halogens is 3. The topological polar surface area (TPSA) is 38.0 Å². The standard InChI is InChI=1S/C14H15BrClFN2O/c1-7(2)12-11(14(16)19(3)18-12)13(20)9-6-8(15)4-5-10(9)17/h4-7,13,20H,1-3H3. The maximum atomic E-state index is 13.9. The van der Waals surface area contributed by atoms with Crippen LogP contribution in [0.2, 0.25) is 5.15 Å². The summed E-state index contributed by atoms with van der Waals surface area (Å²) in [5.74, 6) is -0.399. The highest BCUT2D eigenvalue weighted by atomic mass is 79.9. The van der Waals surface area contributed by atoms with Crippen LogP contribution in [0.3, 0.4) is 0 Å². The van der Waals surface area contributed by atoms with E-state index in [-0.39, 0.29) is 11.5 Å². The second kappa shape index (κ2) is 5.84. The van der Waals surface area contributed by atoms with Crippen LogP contribution >= 0.6 is 27.5 Å². The van der Waals surface area contributed by atoms with Gasteiger partial charge in [0, 0.05) is 22.6 Å². The highest BCUT2D eigenvalue weighted by molar-refractivity contribution is 9.10. The molecule has 1 heterocycles. The maximum absolute atomic E-state index is 13.9. The molecule has 0 bridgehead atoms. The van der Waals surface area contributed by atoms with Crippen LogP contribution in [0.5, 0.6) is 0 Å². The van der Waals surface area contributed by atoms with Gasteiger partial charge in [-0.15, -0.1) is 0 Å². The van der Waals surface area contributed by atoms with Crippen molar-refractivity contribution in [1.82, 2.24) is 9.78 Å². The number of nitrogens with zero attached hydrogens (tertiary/aromatic N) is 2. The predicted octanol–water partition coefficient (Wildman–Crippen LogP) is 4.18. The van der Waals surface area contributed by atoms with Gasteiger partial charge in [-0.05, 0) is 24.1 Å². The summed E-state index contributed by atoms with van der Waals surface area (Å²) in [4.78, 5) is 0. The molecule has 0 saturated carbocycles. The molecule has 0 radical (unpaired) electrons. The summed E-state index contributed by atoms with van der Waals surface area (Å²) in [5, 5.41) is 15.1. The van der Waals surface area contributed by atoms with Crippen molar-refractivity contribution in [1.29, 1.82) is 0 Å². The van der Waals surface area contributed by atoms with E-state index in [0.29, 0.717) is 20.9 Å². The molecule has 0 aliphatic carbocycles. The van der Waals surface area contributed by atoms with Gasteiger partial charge in [0.15, 0.2) is 0 Å². The lowest BCUT2D eigenvalue weighted by Crippen LogP contribution is -2.06. The number of aliphatic hydroxyl groups is 1. The van der Waals surface area contributed by atoms with Gasteiger partial charge in [0.1, 0.15) is 17.1 Å². The fourth-order valence-electron chi connectivity index (χ4n) is 2.10. The zero-order valence-corrected chi connectivity index (χ0v) is 13.7. The molecule has 1 aromatic heterocycles. The Balaban J connectivity index is 2.58. The van der Waals surface area contributed by atoms with Crippen LogP contribution in [-0.4, -0.2) is 14.9 Å². The normalized spacial score (nSPS) is 13.0. The van der Waals surface area contributed by atoms with Crippen LogP contribution < -0.4 is 0 Å². The van der Waals surface area contributed by atoms with Crippen molar-refractivity contribution in [3.8, 4) is 0 Å². The molecule has 108 valence electrons. The summed E-state index contributed by atoms with van der Waals surface area (Å²) in [6.07, 6.45) is -1.15. The van der Waals surface area contributed by atoms with Crippen LogP contribution in [0.15, 0.2) is 22.7 Å². The van der Waals surface area contributed by atoms with Gasteiger partial charge >= 0.3 is 0 Å². The molecule has 3 nitrogen and oxygen atoms in total. The first-order valence-corrected chi connectivity index (χ1v) is 7.35. The zero-order chi connectivity index (χ0) is 15.0. The van der Waals surface area contributed by atoms with Gasteiger partial charge in [-0.3, -0.25) is 4.68 Å². The zero-order valence-electron chi connectivity index (χ0n) is 11.4. The van der Waals surface area contributed by atoms with Crippen LogP contribution in [0, 0.1) is 5.82 Å². The molecule has 0 aliphatic rings. The number of benzene rings is 1. The highest BCUT2D eigenvalue weighted by Crippen LogP contribution is 2.35. The molecule has 0 amide bonds. The fraction of sp³-hybridized carbons (Fsp3) is 0.357. The van der Waals surface area contributed by atoms with Crippen molar-refractivity contribution >= 4 is 27.5 Å². The smallest absolute Gasteiger partial charge is 0.133 e. The second-order valence-electron chi connectivity index (χ2n) is 4.94. The molecule has 20 heavy (non-hydrogen) atoms. The molecular formula is C14H15BrClFN2O. The van der Waals surface area contributed by atoms with E-state index in [9.17, 15) is 9.50 Å². The Morgan fingerprint density at radius 2 is 2.05 bits per heavy atom. The van der Waals surface area contributed by atoms with E-state index in [1.165, 1.54) is 10.7 Å². The summed E-state index contributed by atoms with van der Waals surface area (Å²) < 4.78 is 16.1. The van der Waals surface area contributed by atoms with Gasteiger partial charge < -0.3 is 5.11 Å². The van der Waals surface area contributed by atoms with E-state index in [1.54, 1.807) is 19.2 Å². The van der Waals surface area contributed by atoms with Crippen molar-refractivity contribution in [3.63, 3.8) is 0 Å². The molecule has 0 saturated heterocycles. The SMILES string of the molecule is CC(C)c1nn(C)c(Cl)c1C(O)c1cc(Br)ccc1F. The molecular weight excluding hydrogens is 347 g/mol. The summed E-state index contributed by atoms with van der Waals surface area (Å²) in [5.41, 5.74) is 1.31. The minimum atomic E-state index is -1.15. The third-order valence-electron chi connectivity index (χ3n) is 3.11. The molecule has 1 atom stereocenters. The average Bonchev–Trinajstić information content (AvgIpc) is 2.68. The third-order valence-corrected chi connectivity index (χ3v) is 4.05. The highest BCUT2D eigenvalue weighted by Gasteiger charge is 2.26. The summed E-state index contributed by atoms with van der Waals surface area (Å²) >= 11 is 9.48. The van der Waals surface area contributed by atoms with E-state index in [2.05, 4.69) is 21.0 Å². The number of hydrogen-bond donors (Lipinski definition) is 1. The summed E-state index contributed by atoms with van der Waals surface area (Å²) in [6.45, 7) is 3.90. The molecule has 2 rings (SSSR count). The van der Waals surface area contributed by atoms with E-state index in [0.717, 1.165) is 0 Å². The third kappa shape index (κ3) is 2.75. The molecule has 1 aromatic carbocycles. The molecule has 1 unspecified atom stereocenters. The minimum Gasteiger partial charge on any atom is -0.383 e. The summed E-state index contributed by atoms with van der Waals surface area (Å²) in [6, 6.07) is 4.44. The monoisotopic (exact) mass is 360 g/mol. The fourth-order valence-corrected chi connectivity index (χ4v) is 2.72. The average molecular weight is 362 g/mol. The number of aryl methyl sites for hydroxylation is 1. The van der Waals surface area contributed by atoms with Crippen LogP contribution in [0.4, 0.5) is 4.39 Å². The van der Waals surface area contributed by atoms with Crippen LogP contribution in [0.25, 0.3) is 0 Å². The number of rotatable bonds is 3. The van der Waals surface area contributed by atoms with E-state index in [1.807, 2.05) is 13.8 Å². The Morgan fingerprint density at radius 1 is 1.40 bits per heavy atom. The Morgan fingerprint density at radius 3 is 2.65 bits per heavy atom. The van der Waals surface area contributed by atoms with Gasteiger partial charge in [-0.2, -0.15) is 5.10 Å². The summed E-state index contributed by atoms with van der Waals surface area (Å²) in [7, 11) is 1.70.